The standard InChI is InChI=1S/C15H20N4O/c20-15(17-8-6-13-4-5-13)19-11-9-18(10-12-19)14-3-1-2-7-16-14/h1-3,6-8,13H,4-5,9-12H2,(H,17,20)/b8-6+. The molecule has 0 atom stereocenters. The van der Waals surface area contributed by atoms with Crippen LogP contribution in [-0.2, 0) is 0 Å². The average Bonchev–Trinajstić information content (AvgIpc) is 3.32. The molecule has 1 aromatic heterocycles. The molecule has 2 amide bonds. The number of nitrogens with zero attached hydrogens (tertiary/aromatic N) is 3. The number of rotatable bonds is 3. The minimum Gasteiger partial charge on any atom is -0.353 e. The Bertz CT molecular complexity index is 476. The lowest BCUT2D eigenvalue weighted by atomic mass is 10.3. The van der Waals surface area contributed by atoms with Crippen molar-refractivity contribution in [3.63, 3.8) is 0 Å². The number of anilines is 1. The molecule has 1 aromatic rings. The summed E-state index contributed by atoms with van der Waals surface area (Å²) >= 11 is 0. The molecular weight excluding hydrogens is 252 g/mol. The molecule has 2 fully saturated rings. The maximum Gasteiger partial charge on any atom is 0.321 e. The van der Waals surface area contributed by atoms with Gasteiger partial charge in [0.05, 0.1) is 0 Å². The van der Waals surface area contributed by atoms with Gasteiger partial charge in [0.2, 0.25) is 0 Å². The van der Waals surface area contributed by atoms with Gasteiger partial charge in [-0.05, 0) is 30.9 Å². The van der Waals surface area contributed by atoms with E-state index in [1.807, 2.05) is 23.1 Å². The Hall–Kier alpha value is -2.04. The lowest BCUT2D eigenvalue weighted by molar-refractivity contribution is 0.198. The van der Waals surface area contributed by atoms with E-state index in [1.165, 1.54) is 12.8 Å². The highest BCUT2D eigenvalue weighted by atomic mass is 16.2. The van der Waals surface area contributed by atoms with Crippen molar-refractivity contribution in [2.45, 2.75) is 12.8 Å². The average molecular weight is 272 g/mol. The van der Waals surface area contributed by atoms with Gasteiger partial charge >= 0.3 is 6.03 Å². The number of carbonyl (C=O) groups is 1. The van der Waals surface area contributed by atoms with Crippen molar-refractivity contribution in [2.75, 3.05) is 31.1 Å². The van der Waals surface area contributed by atoms with Crippen molar-refractivity contribution in [3.05, 3.63) is 36.7 Å². The summed E-state index contributed by atoms with van der Waals surface area (Å²) < 4.78 is 0. The van der Waals surface area contributed by atoms with Crippen LogP contribution in [0.3, 0.4) is 0 Å². The lowest BCUT2D eigenvalue weighted by Gasteiger charge is -2.35. The molecule has 0 aromatic carbocycles. The van der Waals surface area contributed by atoms with Gasteiger partial charge in [-0.15, -0.1) is 0 Å². The lowest BCUT2D eigenvalue weighted by Crippen LogP contribution is -2.51. The van der Waals surface area contributed by atoms with Gasteiger partial charge in [-0.1, -0.05) is 12.1 Å². The van der Waals surface area contributed by atoms with Crippen LogP contribution in [0.15, 0.2) is 36.7 Å². The second-order valence-corrected chi connectivity index (χ2v) is 5.31. The Kier molecular flexibility index (Phi) is 3.85. The number of carbonyl (C=O) groups excluding carboxylic acids is 1. The molecule has 2 heterocycles. The zero-order valence-corrected chi connectivity index (χ0v) is 11.5. The Labute approximate surface area is 119 Å². The quantitative estimate of drug-likeness (QED) is 0.913. The van der Waals surface area contributed by atoms with Crippen LogP contribution in [0.5, 0.6) is 0 Å². The molecule has 20 heavy (non-hydrogen) atoms. The zero-order chi connectivity index (χ0) is 13.8. The van der Waals surface area contributed by atoms with Crippen molar-refractivity contribution < 1.29 is 4.79 Å². The predicted molar refractivity (Wildman–Crippen MR) is 78.4 cm³/mol. The normalized spacial score (nSPS) is 19.4. The third-order valence-electron chi connectivity index (χ3n) is 3.74. The molecule has 5 heteroatoms. The van der Waals surface area contributed by atoms with E-state index >= 15 is 0 Å². The molecule has 106 valence electrons. The van der Waals surface area contributed by atoms with Gasteiger partial charge in [-0.2, -0.15) is 0 Å². The van der Waals surface area contributed by atoms with E-state index in [-0.39, 0.29) is 6.03 Å². The maximum absolute atomic E-state index is 12.0. The van der Waals surface area contributed by atoms with E-state index in [4.69, 9.17) is 0 Å². The molecule has 0 spiro atoms. The number of hydrogen-bond acceptors (Lipinski definition) is 3. The third-order valence-corrected chi connectivity index (χ3v) is 3.74. The summed E-state index contributed by atoms with van der Waals surface area (Å²) in [5, 5.41) is 2.85. The Morgan fingerprint density at radius 1 is 1.25 bits per heavy atom. The summed E-state index contributed by atoms with van der Waals surface area (Å²) in [5.41, 5.74) is 0. The number of pyridine rings is 1. The molecular formula is C15H20N4O. The van der Waals surface area contributed by atoms with Crippen LogP contribution in [0.2, 0.25) is 0 Å². The van der Waals surface area contributed by atoms with Crippen LogP contribution < -0.4 is 10.2 Å². The van der Waals surface area contributed by atoms with Crippen molar-refractivity contribution in [2.24, 2.45) is 5.92 Å². The zero-order valence-electron chi connectivity index (χ0n) is 11.5. The number of urea groups is 1. The van der Waals surface area contributed by atoms with Crippen LogP contribution in [0.4, 0.5) is 10.6 Å². The molecule has 1 saturated carbocycles. The fourth-order valence-electron chi connectivity index (χ4n) is 2.31. The van der Waals surface area contributed by atoms with Crippen LogP contribution in [-0.4, -0.2) is 42.1 Å². The van der Waals surface area contributed by atoms with Crippen LogP contribution in [0.1, 0.15) is 12.8 Å². The summed E-state index contributed by atoms with van der Waals surface area (Å²) in [6.45, 7) is 3.13. The molecule has 1 saturated heterocycles. The number of aromatic nitrogens is 1. The summed E-state index contributed by atoms with van der Waals surface area (Å²) in [6, 6.07) is 5.92. The monoisotopic (exact) mass is 272 g/mol. The van der Waals surface area contributed by atoms with E-state index in [0.717, 1.165) is 32.0 Å². The Balaban J connectivity index is 1.46. The second-order valence-electron chi connectivity index (χ2n) is 5.31. The first kappa shape index (κ1) is 13.0. The first-order chi connectivity index (χ1) is 9.83. The van der Waals surface area contributed by atoms with Gasteiger partial charge in [-0.25, -0.2) is 9.78 Å². The van der Waals surface area contributed by atoms with E-state index in [0.29, 0.717) is 5.92 Å². The van der Waals surface area contributed by atoms with Gasteiger partial charge < -0.3 is 15.1 Å². The summed E-state index contributed by atoms with van der Waals surface area (Å²) in [4.78, 5) is 20.4. The van der Waals surface area contributed by atoms with E-state index < -0.39 is 0 Å². The molecule has 1 aliphatic carbocycles. The van der Waals surface area contributed by atoms with E-state index in [1.54, 1.807) is 12.4 Å². The number of hydrogen-bond donors (Lipinski definition) is 1. The third kappa shape index (κ3) is 3.29. The topological polar surface area (TPSA) is 48.5 Å². The van der Waals surface area contributed by atoms with Gasteiger partial charge in [-0.3, -0.25) is 0 Å². The van der Waals surface area contributed by atoms with Crippen LogP contribution in [0, 0.1) is 5.92 Å². The van der Waals surface area contributed by atoms with Crippen molar-refractivity contribution in [1.29, 1.82) is 0 Å². The molecule has 0 unspecified atom stereocenters. The van der Waals surface area contributed by atoms with Crippen LogP contribution in [0.25, 0.3) is 0 Å². The first-order valence-electron chi connectivity index (χ1n) is 7.21. The molecule has 1 aliphatic heterocycles. The minimum absolute atomic E-state index is 0.00238. The van der Waals surface area contributed by atoms with Gasteiger partial charge in [0, 0.05) is 38.6 Å². The SMILES string of the molecule is O=C(N/C=C/C1CC1)N1CCN(c2ccccn2)CC1. The number of piperazine rings is 1. The Morgan fingerprint density at radius 3 is 2.70 bits per heavy atom. The molecule has 0 radical (unpaired) electrons. The predicted octanol–water partition coefficient (Wildman–Crippen LogP) is 1.84. The highest BCUT2D eigenvalue weighted by Crippen LogP contribution is 2.29. The largest absolute Gasteiger partial charge is 0.353 e. The highest BCUT2D eigenvalue weighted by molar-refractivity contribution is 5.75. The van der Waals surface area contributed by atoms with Crippen molar-refractivity contribution in [1.82, 2.24) is 15.2 Å². The number of amides is 2. The van der Waals surface area contributed by atoms with Gasteiger partial charge in [0.25, 0.3) is 0 Å². The molecule has 0 bridgehead atoms. The van der Waals surface area contributed by atoms with Crippen molar-refractivity contribution in [3.8, 4) is 0 Å². The van der Waals surface area contributed by atoms with Gasteiger partial charge in [0.15, 0.2) is 0 Å². The van der Waals surface area contributed by atoms with E-state index in [9.17, 15) is 4.79 Å². The smallest absolute Gasteiger partial charge is 0.321 e. The maximum atomic E-state index is 12.0. The summed E-state index contributed by atoms with van der Waals surface area (Å²) in [6.07, 6.45) is 8.20. The van der Waals surface area contributed by atoms with Gasteiger partial charge in [0.1, 0.15) is 5.82 Å². The van der Waals surface area contributed by atoms with E-state index in [2.05, 4.69) is 21.3 Å². The fraction of sp³-hybridized carbons (Fsp3) is 0.467. The summed E-state index contributed by atoms with van der Waals surface area (Å²) in [5.74, 6) is 1.68. The highest BCUT2D eigenvalue weighted by Gasteiger charge is 2.21. The van der Waals surface area contributed by atoms with Crippen molar-refractivity contribution >= 4 is 11.8 Å². The second kappa shape index (κ2) is 5.94. The molecule has 3 rings (SSSR count). The fourth-order valence-corrected chi connectivity index (χ4v) is 2.31. The number of nitrogens with one attached hydrogen (secondary N) is 1. The molecule has 1 N–H and O–H groups in total. The molecule has 5 nitrogen and oxygen atoms in total. The number of allylic oxidation sites excluding steroid dienone is 1. The first-order valence-corrected chi connectivity index (χ1v) is 7.21. The Morgan fingerprint density at radius 2 is 2.05 bits per heavy atom. The van der Waals surface area contributed by atoms with Crippen LogP contribution >= 0.6 is 0 Å². The molecule has 2 aliphatic rings. The minimum atomic E-state index is 0.00238. The summed E-state index contributed by atoms with van der Waals surface area (Å²) in [7, 11) is 0.